The molecule has 7 nitrogen and oxygen atoms in total. The maximum Gasteiger partial charge on any atom is 0.232 e. The van der Waals surface area contributed by atoms with Crippen LogP contribution in [0.5, 0.6) is 0 Å². The van der Waals surface area contributed by atoms with Gasteiger partial charge in [0.25, 0.3) is 0 Å². The van der Waals surface area contributed by atoms with E-state index in [1.54, 1.807) is 6.92 Å². The first kappa shape index (κ1) is 15.0. The summed E-state index contributed by atoms with van der Waals surface area (Å²) in [5.74, 6) is 2.31. The van der Waals surface area contributed by atoms with Crippen molar-refractivity contribution in [2.45, 2.75) is 38.2 Å². The van der Waals surface area contributed by atoms with Crippen LogP contribution >= 0.6 is 0 Å². The normalized spacial score (nSPS) is 21.0. The van der Waals surface area contributed by atoms with E-state index in [0.717, 1.165) is 25.0 Å². The predicted octanol–water partition coefficient (Wildman–Crippen LogP) is 2.99. The lowest BCUT2D eigenvalue weighted by molar-refractivity contribution is -0.0103. The van der Waals surface area contributed by atoms with Crippen molar-refractivity contribution in [2.24, 2.45) is 0 Å². The molecule has 2 atom stereocenters. The van der Waals surface area contributed by atoms with Crippen molar-refractivity contribution in [1.82, 2.24) is 20.3 Å². The highest BCUT2D eigenvalue weighted by Gasteiger charge is 2.33. The summed E-state index contributed by atoms with van der Waals surface area (Å²) < 4.78 is 16.5. The van der Waals surface area contributed by atoms with Crippen LogP contribution in [0.1, 0.15) is 53.9 Å². The van der Waals surface area contributed by atoms with Gasteiger partial charge in [-0.2, -0.15) is 9.97 Å². The van der Waals surface area contributed by atoms with Crippen LogP contribution < -0.4 is 0 Å². The minimum absolute atomic E-state index is 0.0549. The monoisotopic (exact) mass is 326 g/mol. The molecule has 124 valence electrons. The fourth-order valence-corrected chi connectivity index (χ4v) is 3.05. The molecular weight excluding hydrogens is 308 g/mol. The van der Waals surface area contributed by atoms with Gasteiger partial charge in [-0.15, -0.1) is 0 Å². The third-order valence-electron chi connectivity index (χ3n) is 4.14. The summed E-state index contributed by atoms with van der Waals surface area (Å²) in [7, 11) is 0. The Morgan fingerprint density at radius 1 is 1.04 bits per heavy atom. The molecule has 1 saturated heterocycles. The first-order valence-electron chi connectivity index (χ1n) is 8.08. The Bertz CT molecular complexity index is 799. The first-order valence-corrected chi connectivity index (χ1v) is 8.08. The quantitative estimate of drug-likeness (QED) is 0.728. The molecule has 0 bridgehead atoms. The highest BCUT2D eigenvalue weighted by molar-refractivity contribution is 5.21. The molecule has 2 unspecified atom stereocenters. The number of hydrogen-bond acceptors (Lipinski definition) is 7. The molecule has 0 spiro atoms. The largest absolute Gasteiger partial charge is 0.373 e. The van der Waals surface area contributed by atoms with Gasteiger partial charge in [-0.25, -0.2) is 0 Å². The molecule has 24 heavy (non-hydrogen) atoms. The van der Waals surface area contributed by atoms with Crippen LogP contribution in [0, 0.1) is 6.92 Å². The smallest absolute Gasteiger partial charge is 0.232 e. The summed E-state index contributed by atoms with van der Waals surface area (Å²) in [6.07, 6.45) is 2.28. The summed E-state index contributed by atoms with van der Waals surface area (Å²) in [6.45, 7) is 2.50. The number of ether oxygens (including phenoxy) is 1. The summed E-state index contributed by atoms with van der Waals surface area (Å²) >= 11 is 0. The average molecular weight is 326 g/mol. The molecule has 1 aliphatic heterocycles. The summed E-state index contributed by atoms with van der Waals surface area (Å²) in [5.41, 5.74) is 1.13. The molecule has 4 rings (SSSR count). The van der Waals surface area contributed by atoms with Crippen LogP contribution in [0.2, 0.25) is 0 Å². The number of aryl methyl sites for hydroxylation is 1. The van der Waals surface area contributed by atoms with Gasteiger partial charge in [0.05, 0.1) is 18.4 Å². The van der Waals surface area contributed by atoms with E-state index in [0.29, 0.717) is 29.9 Å². The lowest BCUT2D eigenvalue weighted by Gasteiger charge is -2.29. The van der Waals surface area contributed by atoms with Gasteiger partial charge in [-0.05, 0) is 18.4 Å². The van der Waals surface area contributed by atoms with Crippen LogP contribution in [0.4, 0.5) is 0 Å². The van der Waals surface area contributed by atoms with Crippen molar-refractivity contribution in [2.75, 3.05) is 6.61 Å². The third kappa shape index (κ3) is 3.07. The Morgan fingerprint density at radius 2 is 1.83 bits per heavy atom. The molecule has 0 aliphatic carbocycles. The van der Waals surface area contributed by atoms with Crippen molar-refractivity contribution >= 4 is 0 Å². The van der Waals surface area contributed by atoms with Gasteiger partial charge in [0, 0.05) is 13.5 Å². The molecule has 2 aromatic heterocycles. The molecule has 0 saturated carbocycles. The van der Waals surface area contributed by atoms with Gasteiger partial charge in [0.15, 0.2) is 11.6 Å². The topological polar surface area (TPSA) is 87.1 Å². The number of aromatic nitrogens is 4. The molecule has 1 aliphatic rings. The maximum absolute atomic E-state index is 5.99. The minimum Gasteiger partial charge on any atom is -0.373 e. The van der Waals surface area contributed by atoms with Crippen LogP contribution in [-0.4, -0.2) is 26.9 Å². The van der Waals surface area contributed by atoms with Crippen molar-refractivity contribution in [3.05, 3.63) is 59.3 Å². The van der Waals surface area contributed by atoms with Crippen LogP contribution in [-0.2, 0) is 11.2 Å². The minimum atomic E-state index is -0.0549. The van der Waals surface area contributed by atoms with Gasteiger partial charge >= 0.3 is 0 Å². The fraction of sp³-hybridized carbons (Fsp3) is 0.412. The molecule has 1 aromatic carbocycles. The van der Waals surface area contributed by atoms with Gasteiger partial charge in [0.2, 0.25) is 11.8 Å². The van der Waals surface area contributed by atoms with E-state index in [1.807, 2.05) is 18.2 Å². The zero-order chi connectivity index (χ0) is 16.4. The van der Waals surface area contributed by atoms with Crippen LogP contribution in [0.3, 0.4) is 0 Å². The van der Waals surface area contributed by atoms with Crippen molar-refractivity contribution in [1.29, 1.82) is 0 Å². The van der Waals surface area contributed by atoms with Crippen LogP contribution in [0.25, 0.3) is 0 Å². The van der Waals surface area contributed by atoms with Crippen molar-refractivity contribution in [3.8, 4) is 0 Å². The Morgan fingerprint density at radius 3 is 2.62 bits per heavy atom. The van der Waals surface area contributed by atoms with Gasteiger partial charge in [-0.1, -0.05) is 40.6 Å². The highest BCUT2D eigenvalue weighted by atomic mass is 16.5. The zero-order valence-electron chi connectivity index (χ0n) is 13.4. The van der Waals surface area contributed by atoms with E-state index < -0.39 is 0 Å². The zero-order valence-corrected chi connectivity index (χ0v) is 13.4. The van der Waals surface area contributed by atoms with Crippen LogP contribution in [0.15, 0.2) is 39.4 Å². The molecule has 0 radical (unpaired) electrons. The second-order valence-electron chi connectivity index (χ2n) is 5.91. The molecule has 0 amide bonds. The van der Waals surface area contributed by atoms with Gasteiger partial charge < -0.3 is 13.8 Å². The molecule has 3 aromatic rings. The number of benzene rings is 1. The number of nitrogens with zero attached hydrogens (tertiary/aromatic N) is 4. The maximum atomic E-state index is 5.99. The van der Waals surface area contributed by atoms with E-state index in [4.69, 9.17) is 13.8 Å². The third-order valence-corrected chi connectivity index (χ3v) is 4.14. The molecule has 7 heteroatoms. The Balaban J connectivity index is 1.55. The van der Waals surface area contributed by atoms with Gasteiger partial charge in [0.1, 0.15) is 0 Å². The van der Waals surface area contributed by atoms with Crippen molar-refractivity contribution < 1.29 is 13.8 Å². The Hall–Kier alpha value is -2.54. The lowest BCUT2D eigenvalue weighted by atomic mass is 9.89. The van der Waals surface area contributed by atoms with E-state index in [-0.39, 0.29) is 12.0 Å². The fourth-order valence-electron chi connectivity index (χ4n) is 3.05. The highest BCUT2D eigenvalue weighted by Crippen LogP contribution is 2.39. The van der Waals surface area contributed by atoms with E-state index in [1.165, 1.54) is 0 Å². The number of rotatable bonds is 4. The standard InChI is InChI=1S/C17H18N4O3/c1-11-18-14(20-23-11)10-15-19-17(24-21-15)13-8-5-9-22-16(13)12-6-3-2-4-7-12/h2-4,6-7,13,16H,5,8-10H2,1H3. The van der Waals surface area contributed by atoms with Crippen molar-refractivity contribution in [3.63, 3.8) is 0 Å². The summed E-state index contributed by atoms with van der Waals surface area (Å²) in [5, 5.41) is 7.92. The second kappa shape index (κ2) is 6.52. The van der Waals surface area contributed by atoms with Gasteiger partial charge in [-0.3, -0.25) is 0 Å². The molecule has 1 fully saturated rings. The SMILES string of the molecule is Cc1nc(Cc2noc(C3CCCOC3c3ccccc3)n2)no1. The van der Waals surface area contributed by atoms with E-state index in [9.17, 15) is 0 Å². The Labute approximate surface area is 139 Å². The first-order chi connectivity index (χ1) is 11.8. The van der Waals surface area contributed by atoms with E-state index >= 15 is 0 Å². The average Bonchev–Trinajstić information content (AvgIpc) is 3.25. The predicted molar refractivity (Wildman–Crippen MR) is 83.2 cm³/mol. The number of hydrogen-bond donors (Lipinski definition) is 0. The molecule has 3 heterocycles. The van der Waals surface area contributed by atoms with E-state index in [2.05, 4.69) is 32.4 Å². The second-order valence-corrected chi connectivity index (χ2v) is 5.91. The lowest BCUT2D eigenvalue weighted by Crippen LogP contribution is -2.21. The summed E-state index contributed by atoms with van der Waals surface area (Å²) in [6, 6.07) is 10.2. The molecule has 0 N–H and O–H groups in total. The summed E-state index contributed by atoms with van der Waals surface area (Å²) in [4.78, 5) is 8.70. The Kier molecular flexibility index (Phi) is 4.08. The molecular formula is C17H18N4O3.